The second-order valence-corrected chi connectivity index (χ2v) is 9.20. The number of hydrogen-bond donors (Lipinski definition) is 2. The number of amides is 2. The largest absolute Gasteiger partial charge is 0.632 e. The summed E-state index contributed by atoms with van der Waals surface area (Å²) in [5.41, 5.74) is 1.01. The van der Waals surface area contributed by atoms with Gasteiger partial charge in [0.2, 0.25) is 0 Å². The van der Waals surface area contributed by atoms with Crippen LogP contribution >= 0.6 is 0 Å². The minimum Gasteiger partial charge on any atom is -0.632 e. The normalized spacial score (nSPS) is 22.4. The molecule has 1 aliphatic heterocycles. The molecule has 0 radical (unpaired) electrons. The Morgan fingerprint density at radius 3 is 1.29 bits per heavy atom. The molecule has 0 saturated carbocycles. The number of quaternary nitrogens is 2. The van der Waals surface area contributed by atoms with Crippen molar-refractivity contribution >= 4 is 23.8 Å². The second kappa shape index (κ2) is 12.6. The quantitative estimate of drug-likeness (QED) is 0.259. The van der Waals surface area contributed by atoms with E-state index in [0.717, 1.165) is 0 Å². The number of nitrogens with zero attached hydrogens (tertiary/aromatic N) is 2. The molecule has 3 rings (SSSR count). The van der Waals surface area contributed by atoms with Crippen molar-refractivity contribution in [3.8, 4) is 0 Å². The fourth-order valence-corrected chi connectivity index (χ4v) is 4.29. The number of hydrogen-bond acceptors (Lipinski definition) is 8. The lowest BCUT2D eigenvalue weighted by Crippen LogP contribution is -2.65. The van der Waals surface area contributed by atoms with Crippen LogP contribution in [0.2, 0.25) is 0 Å². The van der Waals surface area contributed by atoms with Gasteiger partial charge in [-0.1, -0.05) is 60.7 Å². The van der Waals surface area contributed by atoms with E-state index in [0.29, 0.717) is 11.1 Å². The standard InChI is InChI=1S/C26H32N4O8/c1-37-25(33)23(19-9-5-3-6-10-19)27-21(31)17-29(35)13-15-30(36,16-14-29)18-22(32)28-24(26(34)38-2)20-11-7-4-8-12-20/h3-12,23-24H,13-18H2,1-2H3,(H,27,31)(H,28,32)/t23-,24-,29?,30?/m0/s1. The summed E-state index contributed by atoms with van der Waals surface area (Å²) in [5, 5.41) is 31.5. The maximum absolute atomic E-state index is 13.2. The molecule has 2 aromatic carbocycles. The average Bonchev–Trinajstić information content (AvgIpc) is 2.92. The Hall–Kier alpha value is -3.84. The molecule has 1 heterocycles. The van der Waals surface area contributed by atoms with Gasteiger partial charge >= 0.3 is 11.9 Å². The number of ether oxygens (including phenoxy) is 2. The monoisotopic (exact) mass is 528 g/mol. The van der Waals surface area contributed by atoms with E-state index in [1.54, 1.807) is 60.7 Å². The number of piperazine rings is 1. The zero-order valence-corrected chi connectivity index (χ0v) is 21.3. The number of esters is 2. The molecule has 1 aliphatic rings. The number of methoxy groups -OCH3 is 2. The number of hydroxylamine groups is 6. The first-order valence-electron chi connectivity index (χ1n) is 12.1. The van der Waals surface area contributed by atoms with Crippen LogP contribution in [-0.4, -0.2) is 86.5 Å². The van der Waals surface area contributed by atoms with Gasteiger partial charge in [0.1, 0.15) is 26.2 Å². The van der Waals surface area contributed by atoms with E-state index in [1.165, 1.54) is 14.2 Å². The lowest BCUT2D eigenvalue weighted by atomic mass is 10.1. The predicted octanol–water partition coefficient (Wildman–Crippen LogP) is 0.690. The van der Waals surface area contributed by atoms with Crippen LogP contribution in [0.1, 0.15) is 23.2 Å². The van der Waals surface area contributed by atoms with E-state index in [1.807, 2.05) is 0 Å². The van der Waals surface area contributed by atoms with E-state index < -0.39 is 58.2 Å². The molecule has 0 spiro atoms. The molecule has 1 fully saturated rings. The van der Waals surface area contributed by atoms with Crippen molar-refractivity contribution in [2.75, 3.05) is 53.5 Å². The van der Waals surface area contributed by atoms with E-state index >= 15 is 0 Å². The molecule has 2 atom stereocenters. The van der Waals surface area contributed by atoms with Gasteiger partial charge in [0.05, 0.1) is 14.2 Å². The van der Waals surface area contributed by atoms with Crippen molar-refractivity contribution in [3.63, 3.8) is 0 Å². The van der Waals surface area contributed by atoms with Crippen molar-refractivity contribution < 1.29 is 37.9 Å². The highest BCUT2D eigenvalue weighted by Crippen LogP contribution is 2.20. The molecule has 0 bridgehead atoms. The predicted molar refractivity (Wildman–Crippen MR) is 135 cm³/mol. The Bertz CT molecular complexity index is 1030. The highest BCUT2D eigenvalue weighted by Gasteiger charge is 2.37. The zero-order valence-electron chi connectivity index (χ0n) is 21.3. The molecule has 0 aliphatic carbocycles. The molecule has 2 amide bonds. The summed E-state index contributed by atoms with van der Waals surface area (Å²) in [7, 11) is 2.40. The van der Waals surface area contributed by atoms with Gasteiger partial charge in [-0.05, 0) is 11.1 Å². The highest BCUT2D eigenvalue weighted by molar-refractivity contribution is 5.86. The van der Waals surface area contributed by atoms with E-state index in [-0.39, 0.29) is 26.2 Å². The van der Waals surface area contributed by atoms with Crippen LogP contribution in [-0.2, 0) is 28.7 Å². The van der Waals surface area contributed by atoms with Crippen LogP contribution in [0.3, 0.4) is 0 Å². The van der Waals surface area contributed by atoms with E-state index in [9.17, 15) is 29.6 Å². The Morgan fingerprint density at radius 1 is 0.684 bits per heavy atom. The van der Waals surface area contributed by atoms with Crippen LogP contribution in [0.25, 0.3) is 0 Å². The smallest absolute Gasteiger partial charge is 0.333 e. The van der Waals surface area contributed by atoms with E-state index in [4.69, 9.17) is 9.47 Å². The summed E-state index contributed by atoms with van der Waals surface area (Å²) in [6.45, 7) is -1.78. The van der Waals surface area contributed by atoms with Crippen molar-refractivity contribution in [1.29, 1.82) is 0 Å². The Balaban J connectivity index is 1.57. The lowest BCUT2D eigenvalue weighted by molar-refractivity contribution is -0.982. The first-order chi connectivity index (χ1) is 18.1. The fraction of sp³-hybridized carbons (Fsp3) is 0.385. The number of carbonyl (C=O) groups excluding carboxylic acids is 4. The molecule has 0 aromatic heterocycles. The molecule has 1 saturated heterocycles. The minimum atomic E-state index is -1.07. The molecule has 204 valence electrons. The molecule has 38 heavy (non-hydrogen) atoms. The maximum atomic E-state index is 13.2. The SMILES string of the molecule is COC(=O)[C@@H](NC(=O)C[N+]1([O-])CC[N+]([O-])(CC(=O)N[C@H](C(=O)OC)c2ccccc2)CC1)c1ccccc1. The molecular formula is C26H32N4O8. The summed E-state index contributed by atoms with van der Waals surface area (Å²) in [6.07, 6.45) is 0. The van der Waals surface area contributed by atoms with Gasteiger partial charge in [0.25, 0.3) is 11.8 Å². The van der Waals surface area contributed by atoms with Gasteiger partial charge in [-0.2, -0.15) is 0 Å². The molecule has 12 nitrogen and oxygen atoms in total. The van der Waals surface area contributed by atoms with Crippen LogP contribution in [0, 0.1) is 10.4 Å². The summed E-state index contributed by atoms with van der Waals surface area (Å²) in [5.74, 6) is -2.68. The molecule has 0 unspecified atom stereocenters. The van der Waals surface area contributed by atoms with Gasteiger partial charge in [0.15, 0.2) is 25.2 Å². The first kappa shape index (κ1) is 28.7. The van der Waals surface area contributed by atoms with Crippen molar-refractivity contribution in [1.82, 2.24) is 10.6 Å². The first-order valence-corrected chi connectivity index (χ1v) is 12.1. The Morgan fingerprint density at radius 2 is 1.00 bits per heavy atom. The maximum Gasteiger partial charge on any atom is 0.333 e. The number of carbonyl (C=O) groups is 4. The highest BCUT2D eigenvalue weighted by atomic mass is 16.6. The molecule has 2 N–H and O–H groups in total. The summed E-state index contributed by atoms with van der Waals surface area (Å²) in [4.78, 5) is 49.8. The average molecular weight is 529 g/mol. The van der Waals surface area contributed by atoms with Crippen LogP contribution in [0.4, 0.5) is 0 Å². The van der Waals surface area contributed by atoms with Gasteiger partial charge < -0.3 is 39.8 Å². The van der Waals surface area contributed by atoms with Crippen LogP contribution < -0.4 is 10.6 Å². The van der Waals surface area contributed by atoms with Gasteiger partial charge in [0, 0.05) is 0 Å². The van der Waals surface area contributed by atoms with Gasteiger partial charge in [-0.25, -0.2) is 9.59 Å². The summed E-state index contributed by atoms with van der Waals surface area (Å²) < 4.78 is 7.62. The third-order valence-corrected chi connectivity index (χ3v) is 6.44. The fourth-order valence-electron chi connectivity index (χ4n) is 4.29. The molecular weight excluding hydrogens is 496 g/mol. The molecule has 12 heteroatoms. The summed E-state index contributed by atoms with van der Waals surface area (Å²) >= 11 is 0. The van der Waals surface area contributed by atoms with Crippen molar-refractivity contribution in [2.24, 2.45) is 0 Å². The third-order valence-electron chi connectivity index (χ3n) is 6.44. The van der Waals surface area contributed by atoms with Crippen molar-refractivity contribution in [3.05, 3.63) is 82.2 Å². The second-order valence-electron chi connectivity index (χ2n) is 9.20. The van der Waals surface area contributed by atoms with Crippen molar-refractivity contribution in [2.45, 2.75) is 12.1 Å². The Kier molecular flexibility index (Phi) is 9.53. The number of nitrogens with one attached hydrogen (secondary N) is 2. The molecule has 2 aromatic rings. The van der Waals surface area contributed by atoms with Crippen LogP contribution in [0.15, 0.2) is 60.7 Å². The van der Waals surface area contributed by atoms with E-state index in [2.05, 4.69) is 10.6 Å². The van der Waals surface area contributed by atoms with Crippen LogP contribution in [0.5, 0.6) is 0 Å². The lowest BCUT2D eigenvalue weighted by Gasteiger charge is -2.53. The zero-order chi connectivity index (χ0) is 27.8. The third kappa shape index (κ3) is 7.59. The number of rotatable bonds is 10. The van der Waals surface area contributed by atoms with Gasteiger partial charge in [-0.3, -0.25) is 9.59 Å². The minimum absolute atomic E-state index is 0.197. The Labute approximate surface area is 220 Å². The summed E-state index contributed by atoms with van der Waals surface area (Å²) in [6, 6.07) is 14.8. The topological polar surface area (TPSA) is 157 Å². The number of benzene rings is 2. The van der Waals surface area contributed by atoms with Gasteiger partial charge in [-0.15, -0.1) is 0 Å².